The Labute approximate surface area is 158 Å². The van der Waals surface area contributed by atoms with Gasteiger partial charge < -0.3 is 5.32 Å². The molecule has 4 nitrogen and oxygen atoms in total. The fraction of sp³-hybridized carbons (Fsp3) is 0.381. The van der Waals surface area contributed by atoms with Crippen molar-refractivity contribution < 1.29 is 9.00 Å². The van der Waals surface area contributed by atoms with E-state index in [1.54, 1.807) is 12.1 Å². The molecule has 1 N–H and O–H groups in total. The van der Waals surface area contributed by atoms with Crippen LogP contribution in [-0.2, 0) is 24.1 Å². The van der Waals surface area contributed by atoms with E-state index in [0.717, 1.165) is 5.56 Å². The third kappa shape index (κ3) is 4.22. The first-order valence-electron chi connectivity index (χ1n) is 8.87. The largest absolute Gasteiger partial charge is 0.352 e. The summed E-state index contributed by atoms with van der Waals surface area (Å²) in [7, 11) is -1.29. The van der Waals surface area contributed by atoms with Crippen LogP contribution in [0.2, 0.25) is 0 Å². The van der Waals surface area contributed by atoms with Crippen molar-refractivity contribution in [1.82, 2.24) is 9.62 Å². The topological polar surface area (TPSA) is 49.4 Å². The van der Waals surface area contributed by atoms with E-state index in [-0.39, 0.29) is 11.3 Å². The van der Waals surface area contributed by atoms with Crippen LogP contribution in [0.3, 0.4) is 0 Å². The van der Waals surface area contributed by atoms with E-state index in [1.807, 2.05) is 29.4 Å². The van der Waals surface area contributed by atoms with Crippen LogP contribution < -0.4 is 5.32 Å². The maximum Gasteiger partial charge on any atom is 0.251 e. The number of carbonyl (C=O) groups excluding carboxylic acids is 1. The van der Waals surface area contributed by atoms with Crippen molar-refractivity contribution in [2.45, 2.75) is 45.7 Å². The van der Waals surface area contributed by atoms with Crippen molar-refractivity contribution in [3.63, 3.8) is 0 Å². The molecule has 2 aromatic rings. The van der Waals surface area contributed by atoms with Crippen LogP contribution in [0.25, 0.3) is 0 Å². The highest BCUT2D eigenvalue weighted by Crippen LogP contribution is 2.27. The summed E-state index contributed by atoms with van der Waals surface area (Å²) < 4.78 is 15.1. The summed E-state index contributed by atoms with van der Waals surface area (Å²) in [6, 6.07) is 13.6. The van der Waals surface area contributed by atoms with E-state index in [2.05, 4.69) is 38.2 Å². The lowest BCUT2D eigenvalue weighted by molar-refractivity contribution is 0.0939. The Morgan fingerprint density at radius 3 is 2.31 bits per heavy atom. The number of hydrogen-bond acceptors (Lipinski definition) is 2. The first-order chi connectivity index (χ1) is 12.2. The molecule has 1 atom stereocenters. The van der Waals surface area contributed by atoms with Gasteiger partial charge in [-0.25, -0.2) is 8.51 Å². The first-order valence-corrected chi connectivity index (χ1v) is 9.98. The Morgan fingerprint density at radius 2 is 1.73 bits per heavy atom. The minimum absolute atomic E-state index is 0.0212. The van der Waals surface area contributed by atoms with Gasteiger partial charge in [-0.1, -0.05) is 51.1 Å². The number of benzene rings is 2. The number of amides is 1. The van der Waals surface area contributed by atoms with E-state index >= 15 is 0 Å². The lowest BCUT2D eigenvalue weighted by Gasteiger charge is -2.19. The molecule has 26 heavy (non-hydrogen) atoms. The molecule has 2 aromatic carbocycles. The van der Waals surface area contributed by atoms with Gasteiger partial charge in [0.2, 0.25) is 0 Å². The number of nitrogens with one attached hydrogen (secondary N) is 1. The van der Waals surface area contributed by atoms with Crippen LogP contribution in [-0.4, -0.2) is 21.0 Å². The summed E-state index contributed by atoms with van der Waals surface area (Å²) in [6.45, 7) is 10.1. The second-order valence-electron chi connectivity index (χ2n) is 8.04. The number of fused-ring (bicyclic) bond motifs is 1. The zero-order chi connectivity index (χ0) is 18.9. The van der Waals surface area contributed by atoms with Gasteiger partial charge in [0.05, 0.1) is 4.90 Å². The van der Waals surface area contributed by atoms with E-state index in [0.29, 0.717) is 30.1 Å². The maximum atomic E-state index is 13.1. The van der Waals surface area contributed by atoms with Crippen molar-refractivity contribution in [3.05, 3.63) is 64.7 Å². The molecule has 1 amide bonds. The Bertz CT molecular complexity index is 830. The first kappa shape index (κ1) is 18.8. The van der Waals surface area contributed by atoms with E-state index in [1.165, 1.54) is 11.1 Å². The van der Waals surface area contributed by atoms with Crippen molar-refractivity contribution in [1.29, 1.82) is 0 Å². The van der Waals surface area contributed by atoms with Gasteiger partial charge in [0, 0.05) is 25.2 Å². The van der Waals surface area contributed by atoms with Crippen molar-refractivity contribution in [2.24, 2.45) is 5.41 Å². The average molecular weight is 371 g/mol. The molecule has 1 aliphatic rings. The molecule has 0 aromatic heterocycles. The SMILES string of the molecule is Cc1ccc(C(=O)NCC(C)(C)C)cc1S(=O)N1Cc2ccccc2C1. The van der Waals surface area contributed by atoms with E-state index in [4.69, 9.17) is 0 Å². The fourth-order valence-corrected chi connectivity index (χ4v) is 4.30. The van der Waals surface area contributed by atoms with Gasteiger partial charge >= 0.3 is 0 Å². The highest BCUT2D eigenvalue weighted by Gasteiger charge is 2.25. The Kier molecular flexibility index (Phi) is 5.30. The predicted molar refractivity (Wildman–Crippen MR) is 105 cm³/mol. The molecular formula is C21H26N2O2S. The zero-order valence-corrected chi connectivity index (χ0v) is 16.7. The predicted octanol–water partition coefficient (Wildman–Crippen LogP) is 3.81. The standard InChI is InChI=1S/C21H26N2O2S/c1-15-9-10-16(20(24)22-14-21(2,3)4)11-19(15)26(25)23-12-17-7-5-6-8-18(17)13-23/h5-11H,12-14H2,1-4H3,(H,22,24). The van der Waals surface area contributed by atoms with Gasteiger partial charge in [-0.3, -0.25) is 4.79 Å². The van der Waals surface area contributed by atoms with Crippen LogP contribution >= 0.6 is 0 Å². The maximum absolute atomic E-state index is 13.1. The van der Waals surface area contributed by atoms with E-state index in [9.17, 15) is 9.00 Å². The Balaban J connectivity index is 1.78. The molecule has 3 rings (SSSR count). The highest BCUT2D eigenvalue weighted by molar-refractivity contribution is 7.82. The van der Waals surface area contributed by atoms with Crippen molar-refractivity contribution in [3.8, 4) is 0 Å². The Morgan fingerprint density at radius 1 is 1.12 bits per heavy atom. The number of hydrogen-bond donors (Lipinski definition) is 1. The zero-order valence-electron chi connectivity index (χ0n) is 15.8. The number of rotatable bonds is 4. The number of nitrogens with zero attached hydrogens (tertiary/aromatic N) is 1. The molecular weight excluding hydrogens is 344 g/mol. The van der Waals surface area contributed by atoms with Crippen LogP contribution in [0, 0.1) is 12.3 Å². The number of carbonyl (C=O) groups is 1. The van der Waals surface area contributed by atoms with E-state index < -0.39 is 11.0 Å². The summed E-state index contributed by atoms with van der Waals surface area (Å²) in [4.78, 5) is 13.2. The van der Waals surface area contributed by atoms with Crippen LogP contribution in [0.1, 0.15) is 47.8 Å². The smallest absolute Gasteiger partial charge is 0.251 e. The fourth-order valence-electron chi connectivity index (χ4n) is 2.94. The third-order valence-corrected chi connectivity index (χ3v) is 6.01. The molecule has 0 aliphatic carbocycles. The van der Waals surface area contributed by atoms with Crippen LogP contribution in [0.15, 0.2) is 47.4 Å². The summed E-state index contributed by atoms with van der Waals surface area (Å²) >= 11 is 0. The summed E-state index contributed by atoms with van der Waals surface area (Å²) in [5, 5.41) is 2.96. The molecule has 5 heteroatoms. The normalized spacial score (nSPS) is 15.5. The molecule has 0 spiro atoms. The minimum atomic E-state index is -1.29. The highest BCUT2D eigenvalue weighted by atomic mass is 32.2. The summed E-state index contributed by atoms with van der Waals surface area (Å²) in [5.74, 6) is -0.122. The lowest BCUT2D eigenvalue weighted by Crippen LogP contribution is -2.32. The minimum Gasteiger partial charge on any atom is -0.352 e. The molecule has 1 aliphatic heterocycles. The van der Waals surface area contributed by atoms with Gasteiger partial charge in [-0.05, 0) is 41.2 Å². The van der Waals surface area contributed by atoms with Gasteiger partial charge in [-0.15, -0.1) is 0 Å². The summed E-state index contributed by atoms with van der Waals surface area (Å²) in [5.41, 5.74) is 3.95. The number of aryl methyl sites for hydroxylation is 1. The molecule has 0 bridgehead atoms. The monoisotopic (exact) mass is 370 g/mol. The van der Waals surface area contributed by atoms with Gasteiger partial charge in [0.1, 0.15) is 11.0 Å². The molecule has 1 unspecified atom stereocenters. The Hall–Kier alpha value is -1.98. The van der Waals surface area contributed by atoms with Gasteiger partial charge in [0.25, 0.3) is 5.91 Å². The van der Waals surface area contributed by atoms with Crippen LogP contribution in [0.4, 0.5) is 0 Å². The van der Waals surface area contributed by atoms with Gasteiger partial charge in [0.15, 0.2) is 0 Å². The second-order valence-corrected chi connectivity index (χ2v) is 9.49. The molecule has 1 heterocycles. The average Bonchev–Trinajstić information content (AvgIpc) is 3.03. The molecule has 0 saturated carbocycles. The van der Waals surface area contributed by atoms with Crippen LogP contribution in [0.5, 0.6) is 0 Å². The molecule has 0 saturated heterocycles. The third-order valence-electron chi connectivity index (χ3n) is 4.46. The molecule has 138 valence electrons. The molecule has 0 fully saturated rings. The second kappa shape index (κ2) is 7.33. The van der Waals surface area contributed by atoms with Crippen molar-refractivity contribution >= 4 is 16.9 Å². The lowest BCUT2D eigenvalue weighted by atomic mass is 9.97. The summed E-state index contributed by atoms with van der Waals surface area (Å²) in [6.07, 6.45) is 0. The quantitative estimate of drug-likeness (QED) is 0.890. The van der Waals surface area contributed by atoms with Gasteiger partial charge in [-0.2, -0.15) is 0 Å². The molecule has 0 radical (unpaired) electrons. The van der Waals surface area contributed by atoms with Crippen molar-refractivity contribution in [2.75, 3.05) is 6.54 Å².